The molecule has 2 amide bonds. The highest BCUT2D eigenvalue weighted by atomic mass is 35.5. The predicted octanol–water partition coefficient (Wildman–Crippen LogP) is 4.00. The Balaban J connectivity index is 1.52. The SMILES string of the molecule is CCNC(=O)Nc1ccc(-c2nc3c(c(N4CCOCC4)n2)CCN(c2cc(C)nc(Cl)n2)[C@H]3C)cc1. The summed E-state index contributed by atoms with van der Waals surface area (Å²) in [6, 6.07) is 9.29. The smallest absolute Gasteiger partial charge is 0.319 e. The minimum atomic E-state index is -0.233. The van der Waals surface area contributed by atoms with Gasteiger partial charge >= 0.3 is 6.03 Å². The molecule has 2 aliphatic rings. The van der Waals surface area contributed by atoms with E-state index >= 15 is 0 Å². The summed E-state index contributed by atoms with van der Waals surface area (Å²) < 4.78 is 5.60. The third-order valence-corrected chi connectivity index (χ3v) is 6.81. The highest BCUT2D eigenvalue weighted by Crippen LogP contribution is 2.37. The minimum Gasteiger partial charge on any atom is -0.378 e. The molecule has 2 aromatic heterocycles. The third-order valence-electron chi connectivity index (χ3n) is 6.64. The molecular formula is C26H31ClN8O2. The second-order valence-corrected chi connectivity index (χ2v) is 9.49. The van der Waals surface area contributed by atoms with E-state index < -0.39 is 0 Å². The van der Waals surface area contributed by atoms with Crippen molar-refractivity contribution in [1.29, 1.82) is 0 Å². The van der Waals surface area contributed by atoms with Crippen molar-refractivity contribution >= 4 is 35.0 Å². The number of aromatic nitrogens is 4. The zero-order chi connectivity index (χ0) is 25.9. The summed E-state index contributed by atoms with van der Waals surface area (Å²) in [4.78, 5) is 35.2. The van der Waals surface area contributed by atoms with Crippen LogP contribution in [0.5, 0.6) is 0 Å². The molecule has 3 aromatic rings. The van der Waals surface area contributed by atoms with Crippen LogP contribution in [0.4, 0.5) is 22.1 Å². The lowest BCUT2D eigenvalue weighted by molar-refractivity contribution is 0.122. The van der Waals surface area contributed by atoms with Crippen molar-refractivity contribution in [2.75, 3.05) is 54.5 Å². The molecule has 0 saturated carbocycles. The number of anilines is 3. The molecule has 4 heterocycles. The number of fused-ring (bicyclic) bond motifs is 1. The number of ether oxygens (including phenoxy) is 1. The molecule has 10 nitrogen and oxygen atoms in total. The molecule has 1 saturated heterocycles. The standard InChI is InChI=1S/C26H31ClN8O2/c1-4-28-26(36)30-19-7-5-18(6-8-19)23-32-22-17(3)35(21-15-16(2)29-25(27)31-21)10-9-20(22)24(33-23)34-11-13-37-14-12-34/h5-8,15,17H,4,9-14H2,1-3H3,(H2,28,30,36)/t17-/m0/s1. The lowest BCUT2D eigenvalue weighted by atomic mass is 9.97. The van der Waals surface area contributed by atoms with E-state index in [1.165, 1.54) is 5.56 Å². The van der Waals surface area contributed by atoms with Crippen LogP contribution in [-0.4, -0.2) is 65.4 Å². The van der Waals surface area contributed by atoms with Crippen molar-refractivity contribution in [3.63, 3.8) is 0 Å². The fourth-order valence-electron chi connectivity index (χ4n) is 4.83. The van der Waals surface area contributed by atoms with Crippen LogP contribution in [-0.2, 0) is 11.2 Å². The molecule has 1 atom stereocenters. The molecule has 1 fully saturated rings. The zero-order valence-electron chi connectivity index (χ0n) is 21.3. The van der Waals surface area contributed by atoms with Gasteiger partial charge in [-0.2, -0.15) is 0 Å². The van der Waals surface area contributed by atoms with Crippen molar-refractivity contribution < 1.29 is 9.53 Å². The van der Waals surface area contributed by atoms with Crippen LogP contribution >= 0.6 is 11.6 Å². The fraction of sp³-hybridized carbons (Fsp3) is 0.423. The van der Waals surface area contributed by atoms with Gasteiger partial charge in [0.15, 0.2) is 5.82 Å². The lowest BCUT2D eigenvalue weighted by Gasteiger charge is -2.38. The number of amides is 2. The van der Waals surface area contributed by atoms with Crippen molar-refractivity contribution in [3.05, 3.63) is 52.6 Å². The number of carbonyl (C=O) groups is 1. The van der Waals surface area contributed by atoms with Crippen molar-refractivity contribution in [2.45, 2.75) is 33.2 Å². The highest BCUT2D eigenvalue weighted by molar-refractivity contribution is 6.28. The monoisotopic (exact) mass is 522 g/mol. The Bertz CT molecular complexity index is 1260. The van der Waals surface area contributed by atoms with Gasteiger partial charge in [-0.05, 0) is 63.1 Å². The van der Waals surface area contributed by atoms with E-state index in [4.69, 9.17) is 26.3 Å². The Kier molecular flexibility index (Phi) is 7.38. The first-order chi connectivity index (χ1) is 17.9. The quantitative estimate of drug-likeness (QED) is 0.484. The molecule has 0 aliphatic carbocycles. The number of urea groups is 1. The number of carbonyl (C=O) groups excluding carboxylic acids is 1. The molecule has 0 unspecified atom stereocenters. The maximum Gasteiger partial charge on any atom is 0.319 e. The van der Waals surface area contributed by atoms with Gasteiger partial charge in [-0.25, -0.2) is 24.7 Å². The van der Waals surface area contributed by atoms with E-state index in [1.807, 2.05) is 44.2 Å². The number of hydrogen-bond donors (Lipinski definition) is 2. The molecule has 194 valence electrons. The second kappa shape index (κ2) is 10.9. The molecule has 0 bridgehead atoms. The Morgan fingerprint density at radius 2 is 1.86 bits per heavy atom. The molecule has 37 heavy (non-hydrogen) atoms. The predicted molar refractivity (Wildman–Crippen MR) is 144 cm³/mol. The van der Waals surface area contributed by atoms with Crippen LogP contribution in [0, 0.1) is 6.92 Å². The number of hydrogen-bond acceptors (Lipinski definition) is 8. The summed E-state index contributed by atoms with van der Waals surface area (Å²) >= 11 is 6.19. The Hall–Kier alpha value is -3.50. The molecule has 0 spiro atoms. The number of halogens is 1. The van der Waals surface area contributed by atoms with Gasteiger partial charge in [0, 0.05) is 54.8 Å². The largest absolute Gasteiger partial charge is 0.378 e. The van der Waals surface area contributed by atoms with Crippen molar-refractivity contribution in [2.24, 2.45) is 0 Å². The van der Waals surface area contributed by atoms with Gasteiger partial charge in [-0.15, -0.1) is 0 Å². The van der Waals surface area contributed by atoms with Crippen LogP contribution in [0.15, 0.2) is 30.3 Å². The Morgan fingerprint density at radius 1 is 1.11 bits per heavy atom. The summed E-state index contributed by atoms with van der Waals surface area (Å²) in [7, 11) is 0. The lowest BCUT2D eigenvalue weighted by Crippen LogP contribution is -2.40. The van der Waals surface area contributed by atoms with Gasteiger partial charge < -0.3 is 25.2 Å². The van der Waals surface area contributed by atoms with Gasteiger partial charge in [0.1, 0.15) is 11.6 Å². The van der Waals surface area contributed by atoms with Crippen molar-refractivity contribution in [3.8, 4) is 11.4 Å². The summed E-state index contributed by atoms with van der Waals surface area (Å²) in [6.45, 7) is 10.2. The van der Waals surface area contributed by atoms with E-state index in [0.717, 1.165) is 54.6 Å². The molecule has 5 rings (SSSR count). The van der Waals surface area contributed by atoms with Crippen LogP contribution in [0.25, 0.3) is 11.4 Å². The minimum absolute atomic E-state index is 0.0330. The average molecular weight is 523 g/mol. The van der Waals surface area contributed by atoms with Crippen molar-refractivity contribution in [1.82, 2.24) is 25.3 Å². The van der Waals surface area contributed by atoms with Crippen LogP contribution < -0.4 is 20.4 Å². The average Bonchev–Trinajstić information content (AvgIpc) is 2.89. The summed E-state index contributed by atoms with van der Waals surface area (Å²) in [6.07, 6.45) is 0.794. The van der Waals surface area contributed by atoms with Crippen LogP contribution in [0.3, 0.4) is 0 Å². The zero-order valence-corrected chi connectivity index (χ0v) is 22.0. The molecule has 2 N–H and O–H groups in total. The first-order valence-corrected chi connectivity index (χ1v) is 13.0. The Morgan fingerprint density at radius 3 is 2.57 bits per heavy atom. The number of benzene rings is 1. The first kappa shape index (κ1) is 25.2. The fourth-order valence-corrected chi connectivity index (χ4v) is 5.05. The van der Waals surface area contributed by atoms with E-state index in [2.05, 4.69) is 37.3 Å². The maximum atomic E-state index is 11.9. The number of morpholine rings is 1. The number of rotatable bonds is 5. The van der Waals surface area contributed by atoms with Crippen LogP contribution in [0.1, 0.15) is 36.8 Å². The molecule has 0 radical (unpaired) electrons. The molecule has 2 aliphatic heterocycles. The molecule has 1 aromatic carbocycles. The summed E-state index contributed by atoms with van der Waals surface area (Å²) in [5.74, 6) is 2.41. The summed E-state index contributed by atoms with van der Waals surface area (Å²) in [5, 5.41) is 5.81. The van der Waals surface area contributed by atoms with Crippen LogP contribution in [0.2, 0.25) is 5.28 Å². The van der Waals surface area contributed by atoms with Gasteiger partial charge in [0.25, 0.3) is 0 Å². The normalized spacial score (nSPS) is 17.4. The van der Waals surface area contributed by atoms with E-state index in [9.17, 15) is 4.79 Å². The van der Waals surface area contributed by atoms with Gasteiger partial charge in [0.2, 0.25) is 5.28 Å². The maximum absolute atomic E-state index is 11.9. The highest BCUT2D eigenvalue weighted by Gasteiger charge is 2.32. The van der Waals surface area contributed by atoms with Gasteiger partial charge in [0.05, 0.1) is 24.9 Å². The molecule has 11 heteroatoms. The number of nitrogens with one attached hydrogen (secondary N) is 2. The number of aryl methyl sites for hydroxylation is 1. The van der Waals surface area contributed by atoms with Gasteiger partial charge in [-0.3, -0.25) is 0 Å². The van der Waals surface area contributed by atoms with Gasteiger partial charge in [-0.1, -0.05) is 0 Å². The third kappa shape index (κ3) is 5.45. The number of nitrogens with zero attached hydrogens (tertiary/aromatic N) is 6. The topological polar surface area (TPSA) is 108 Å². The van der Waals surface area contributed by atoms with E-state index in [1.54, 1.807) is 0 Å². The Labute approximate surface area is 221 Å². The van der Waals surface area contributed by atoms with E-state index in [0.29, 0.717) is 31.3 Å². The first-order valence-electron chi connectivity index (χ1n) is 12.6. The second-order valence-electron chi connectivity index (χ2n) is 9.15. The van der Waals surface area contributed by atoms with E-state index in [-0.39, 0.29) is 17.4 Å². The summed E-state index contributed by atoms with van der Waals surface area (Å²) in [5.41, 5.74) is 4.56. The molecular weight excluding hydrogens is 492 g/mol.